The summed E-state index contributed by atoms with van der Waals surface area (Å²) >= 11 is 0. The first-order chi connectivity index (χ1) is 11.2. The molecule has 0 unspecified atom stereocenters. The minimum absolute atomic E-state index is 0. The van der Waals surface area contributed by atoms with Gasteiger partial charge in [0.1, 0.15) is 5.75 Å². The largest absolute Gasteiger partial charge is 0.497 e. The van der Waals surface area contributed by atoms with E-state index in [-0.39, 0.29) is 24.0 Å². The van der Waals surface area contributed by atoms with Crippen LogP contribution in [0.25, 0.3) is 0 Å². The zero-order valence-electron chi connectivity index (χ0n) is 15.3. The highest BCUT2D eigenvalue weighted by Crippen LogP contribution is 2.11. The summed E-state index contributed by atoms with van der Waals surface area (Å²) in [6, 6.07) is 7.96. The molecule has 1 aromatic rings. The fraction of sp³-hybridized carbons (Fsp3) is 0.611. The molecule has 0 amide bonds. The lowest BCUT2D eigenvalue weighted by molar-refractivity contribution is 0.119. The molecule has 0 aliphatic carbocycles. The molecule has 0 bridgehead atoms. The van der Waals surface area contributed by atoms with Crippen LogP contribution in [0.15, 0.2) is 29.3 Å². The maximum absolute atomic E-state index is 5.69. The molecule has 0 saturated heterocycles. The number of halogens is 1. The van der Waals surface area contributed by atoms with Crippen molar-refractivity contribution in [3.8, 4) is 5.75 Å². The Balaban J connectivity index is 0.00000529. The predicted molar refractivity (Wildman–Crippen MR) is 112 cm³/mol. The number of hydrogen-bond acceptors (Lipinski definition) is 3. The second-order valence-corrected chi connectivity index (χ2v) is 5.79. The van der Waals surface area contributed by atoms with E-state index in [9.17, 15) is 0 Å². The van der Waals surface area contributed by atoms with Crippen molar-refractivity contribution in [2.45, 2.75) is 33.8 Å². The Morgan fingerprint density at radius 1 is 1.17 bits per heavy atom. The van der Waals surface area contributed by atoms with Gasteiger partial charge in [-0.3, -0.25) is 4.99 Å². The first kappa shape index (κ1) is 23.0. The molecule has 0 fully saturated rings. The van der Waals surface area contributed by atoms with Crippen molar-refractivity contribution in [1.29, 1.82) is 0 Å². The Kier molecular flexibility index (Phi) is 13.7. The van der Waals surface area contributed by atoms with Crippen LogP contribution in [0.1, 0.15) is 32.8 Å². The third-order valence-corrected chi connectivity index (χ3v) is 3.14. The molecule has 1 rings (SSSR count). The van der Waals surface area contributed by atoms with E-state index in [2.05, 4.69) is 36.4 Å². The zero-order valence-corrected chi connectivity index (χ0v) is 17.6. The number of benzene rings is 1. The van der Waals surface area contributed by atoms with Gasteiger partial charge < -0.3 is 20.1 Å². The van der Waals surface area contributed by atoms with Crippen LogP contribution in [-0.2, 0) is 11.3 Å². The number of ether oxygens (including phenoxy) is 2. The maximum atomic E-state index is 5.69. The van der Waals surface area contributed by atoms with Gasteiger partial charge in [-0.1, -0.05) is 26.0 Å². The van der Waals surface area contributed by atoms with Crippen molar-refractivity contribution in [3.05, 3.63) is 29.8 Å². The highest BCUT2D eigenvalue weighted by molar-refractivity contribution is 14.0. The van der Waals surface area contributed by atoms with Crippen LogP contribution in [-0.4, -0.2) is 39.3 Å². The van der Waals surface area contributed by atoms with Crippen LogP contribution in [0.4, 0.5) is 0 Å². The van der Waals surface area contributed by atoms with Crippen LogP contribution < -0.4 is 15.4 Å². The van der Waals surface area contributed by atoms with Gasteiger partial charge in [-0.15, -0.1) is 24.0 Å². The second-order valence-electron chi connectivity index (χ2n) is 5.79. The summed E-state index contributed by atoms with van der Waals surface area (Å²) < 4.78 is 10.8. The van der Waals surface area contributed by atoms with Crippen LogP contribution in [0.3, 0.4) is 0 Å². The summed E-state index contributed by atoms with van der Waals surface area (Å²) in [5.41, 5.74) is 1.16. The summed E-state index contributed by atoms with van der Waals surface area (Å²) in [7, 11) is 1.67. The zero-order chi connectivity index (χ0) is 16.9. The third kappa shape index (κ3) is 10.7. The van der Waals surface area contributed by atoms with Crippen molar-refractivity contribution in [2.24, 2.45) is 10.9 Å². The van der Waals surface area contributed by atoms with Gasteiger partial charge in [0.25, 0.3) is 0 Å². The SMILES string of the molecule is CCNC(=NCC(C)C)NCCCOCc1ccc(OC)cc1.I. The Hall–Kier alpha value is -1.02. The molecule has 6 heteroatoms. The monoisotopic (exact) mass is 449 g/mol. The van der Waals surface area contributed by atoms with Gasteiger partial charge in [0.05, 0.1) is 13.7 Å². The van der Waals surface area contributed by atoms with Crippen molar-refractivity contribution >= 4 is 29.9 Å². The molecule has 0 aromatic heterocycles. The minimum Gasteiger partial charge on any atom is -0.497 e. The van der Waals surface area contributed by atoms with E-state index in [0.717, 1.165) is 49.9 Å². The first-order valence-electron chi connectivity index (χ1n) is 8.38. The van der Waals surface area contributed by atoms with Crippen molar-refractivity contribution in [3.63, 3.8) is 0 Å². The van der Waals surface area contributed by atoms with Gasteiger partial charge >= 0.3 is 0 Å². The quantitative estimate of drug-likeness (QED) is 0.249. The average Bonchev–Trinajstić information content (AvgIpc) is 2.56. The number of rotatable bonds is 10. The van der Waals surface area contributed by atoms with Crippen molar-refractivity contribution < 1.29 is 9.47 Å². The fourth-order valence-corrected chi connectivity index (χ4v) is 1.91. The number of aliphatic imine (C=N–C) groups is 1. The number of guanidine groups is 1. The molecule has 0 aliphatic rings. The Morgan fingerprint density at radius 2 is 1.88 bits per heavy atom. The topological polar surface area (TPSA) is 54.9 Å². The summed E-state index contributed by atoms with van der Waals surface area (Å²) in [4.78, 5) is 4.54. The number of nitrogens with one attached hydrogen (secondary N) is 2. The molecule has 0 saturated carbocycles. The summed E-state index contributed by atoms with van der Waals surface area (Å²) in [6.07, 6.45) is 0.947. The minimum atomic E-state index is 0. The van der Waals surface area contributed by atoms with E-state index < -0.39 is 0 Å². The lowest BCUT2D eigenvalue weighted by Gasteiger charge is -2.12. The third-order valence-electron chi connectivity index (χ3n) is 3.14. The maximum Gasteiger partial charge on any atom is 0.191 e. The molecule has 138 valence electrons. The fourth-order valence-electron chi connectivity index (χ4n) is 1.91. The number of hydrogen-bond donors (Lipinski definition) is 2. The number of nitrogens with zero attached hydrogens (tertiary/aromatic N) is 1. The van der Waals surface area contributed by atoms with Crippen LogP contribution >= 0.6 is 24.0 Å². The molecule has 0 heterocycles. The van der Waals surface area contributed by atoms with E-state index in [4.69, 9.17) is 9.47 Å². The van der Waals surface area contributed by atoms with Gasteiger partial charge in [0.15, 0.2) is 5.96 Å². The highest BCUT2D eigenvalue weighted by Gasteiger charge is 1.99. The van der Waals surface area contributed by atoms with Crippen molar-refractivity contribution in [1.82, 2.24) is 10.6 Å². The van der Waals surface area contributed by atoms with E-state index in [1.165, 1.54) is 0 Å². The van der Waals surface area contributed by atoms with Gasteiger partial charge in [0, 0.05) is 26.2 Å². The smallest absolute Gasteiger partial charge is 0.191 e. The Morgan fingerprint density at radius 3 is 2.46 bits per heavy atom. The second kappa shape index (κ2) is 14.3. The molecule has 1 aromatic carbocycles. The molecule has 5 nitrogen and oxygen atoms in total. The average molecular weight is 449 g/mol. The summed E-state index contributed by atoms with van der Waals surface area (Å²) in [5.74, 6) is 2.32. The molecule has 0 aliphatic heterocycles. The molecule has 0 spiro atoms. The molecule has 2 N–H and O–H groups in total. The Bertz CT molecular complexity index is 450. The van der Waals surface area contributed by atoms with E-state index in [1.54, 1.807) is 7.11 Å². The summed E-state index contributed by atoms with van der Waals surface area (Å²) in [6.45, 7) is 10.3. The van der Waals surface area contributed by atoms with Gasteiger partial charge in [-0.25, -0.2) is 0 Å². The van der Waals surface area contributed by atoms with E-state index in [1.807, 2.05) is 24.3 Å². The lowest BCUT2D eigenvalue weighted by Crippen LogP contribution is -2.38. The van der Waals surface area contributed by atoms with Crippen molar-refractivity contribution in [2.75, 3.05) is 33.4 Å². The van der Waals surface area contributed by atoms with Gasteiger partial charge in [-0.05, 0) is 37.0 Å². The molecule has 0 radical (unpaired) electrons. The standard InChI is InChI=1S/C18H31N3O2.HI/c1-5-19-18(21-13-15(2)3)20-11-6-12-23-14-16-7-9-17(22-4)10-8-16;/h7-10,15H,5-6,11-14H2,1-4H3,(H2,19,20,21);1H. The normalized spacial score (nSPS) is 11.1. The number of methoxy groups -OCH3 is 1. The van der Waals surface area contributed by atoms with Crippen LogP contribution in [0.2, 0.25) is 0 Å². The van der Waals surface area contributed by atoms with Crippen LogP contribution in [0, 0.1) is 5.92 Å². The molecule has 24 heavy (non-hydrogen) atoms. The van der Waals surface area contributed by atoms with Gasteiger partial charge in [-0.2, -0.15) is 0 Å². The summed E-state index contributed by atoms with van der Waals surface area (Å²) in [5, 5.41) is 6.58. The highest BCUT2D eigenvalue weighted by atomic mass is 127. The predicted octanol–water partition coefficient (Wildman–Crippen LogP) is 3.43. The lowest BCUT2D eigenvalue weighted by atomic mass is 10.2. The Labute approximate surface area is 163 Å². The van der Waals surface area contributed by atoms with E-state index in [0.29, 0.717) is 12.5 Å². The molecular formula is C18H32IN3O2. The molecular weight excluding hydrogens is 417 g/mol. The first-order valence-corrected chi connectivity index (χ1v) is 8.38. The van der Waals surface area contributed by atoms with E-state index >= 15 is 0 Å². The molecule has 0 atom stereocenters. The van der Waals surface area contributed by atoms with Crippen LogP contribution in [0.5, 0.6) is 5.75 Å². The van der Waals surface area contributed by atoms with Gasteiger partial charge in [0.2, 0.25) is 0 Å².